The monoisotopic (exact) mass is 228 g/mol. The van der Waals surface area contributed by atoms with Gasteiger partial charge in [0.15, 0.2) is 0 Å². The normalized spacial score (nSPS) is 30.8. The number of carbonyl (C=O) groups is 2. The third kappa shape index (κ3) is 2.11. The molecule has 0 bridgehead atoms. The summed E-state index contributed by atoms with van der Waals surface area (Å²) in [6.07, 6.45) is 1.76. The molecule has 6 nitrogen and oxygen atoms in total. The van der Waals surface area contributed by atoms with E-state index >= 15 is 0 Å². The topological polar surface area (TPSA) is 87.7 Å². The summed E-state index contributed by atoms with van der Waals surface area (Å²) in [5, 5.41) is 14.2. The summed E-state index contributed by atoms with van der Waals surface area (Å²) in [4.78, 5) is 22.5. The number of hydrogen-bond acceptors (Lipinski definition) is 3. The number of carbonyl (C=O) groups excluding carboxylic acids is 1. The number of amides is 2. The van der Waals surface area contributed by atoms with Gasteiger partial charge in [-0.25, -0.2) is 9.59 Å². The minimum Gasteiger partial charge on any atom is -0.480 e. The van der Waals surface area contributed by atoms with Crippen LogP contribution in [0.1, 0.15) is 26.2 Å². The Kier molecular flexibility index (Phi) is 2.53. The van der Waals surface area contributed by atoms with Crippen molar-refractivity contribution in [2.75, 3.05) is 13.2 Å². The van der Waals surface area contributed by atoms with Crippen LogP contribution in [0.15, 0.2) is 0 Å². The van der Waals surface area contributed by atoms with E-state index < -0.39 is 17.5 Å². The van der Waals surface area contributed by atoms with Crippen LogP contribution in [-0.2, 0) is 9.53 Å². The van der Waals surface area contributed by atoms with Crippen LogP contribution >= 0.6 is 0 Å². The van der Waals surface area contributed by atoms with Gasteiger partial charge in [0, 0.05) is 6.61 Å². The molecule has 1 saturated carbocycles. The van der Waals surface area contributed by atoms with Gasteiger partial charge in [-0.3, -0.25) is 0 Å². The summed E-state index contributed by atoms with van der Waals surface area (Å²) in [5.41, 5.74) is -1.40. The molecule has 1 atom stereocenters. The van der Waals surface area contributed by atoms with Gasteiger partial charge in [0.25, 0.3) is 0 Å². The number of urea groups is 1. The second kappa shape index (κ2) is 3.62. The van der Waals surface area contributed by atoms with Crippen LogP contribution in [0.4, 0.5) is 4.79 Å². The fourth-order valence-electron chi connectivity index (χ4n) is 1.81. The lowest BCUT2D eigenvalue weighted by Gasteiger charge is -2.25. The number of rotatable bonds is 3. The molecule has 1 aliphatic heterocycles. The van der Waals surface area contributed by atoms with Gasteiger partial charge < -0.3 is 20.5 Å². The lowest BCUT2D eigenvalue weighted by molar-refractivity contribution is -0.140. The molecule has 1 heterocycles. The standard InChI is InChI=1S/C10H16N2O4/c1-9(4-5-16-6-9)11-8(15)12-10(2-3-10)7(13)14/h2-6H2,1H3,(H,13,14)(H2,11,12,15). The highest BCUT2D eigenvalue weighted by atomic mass is 16.5. The van der Waals surface area contributed by atoms with Crippen molar-refractivity contribution < 1.29 is 19.4 Å². The molecule has 90 valence electrons. The van der Waals surface area contributed by atoms with E-state index in [1.54, 1.807) is 0 Å². The summed E-state index contributed by atoms with van der Waals surface area (Å²) in [6.45, 7) is 2.99. The molecular weight excluding hydrogens is 212 g/mol. The van der Waals surface area contributed by atoms with E-state index in [2.05, 4.69) is 10.6 Å². The van der Waals surface area contributed by atoms with Crippen molar-refractivity contribution in [3.05, 3.63) is 0 Å². The van der Waals surface area contributed by atoms with E-state index in [4.69, 9.17) is 9.84 Å². The Morgan fingerprint density at radius 1 is 1.25 bits per heavy atom. The van der Waals surface area contributed by atoms with E-state index in [9.17, 15) is 9.59 Å². The van der Waals surface area contributed by atoms with E-state index in [0.29, 0.717) is 26.1 Å². The lowest BCUT2D eigenvalue weighted by atomic mass is 10.0. The minimum absolute atomic E-state index is 0.376. The van der Waals surface area contributed by atoms with Gasteiger partial charge in [-0.05, 0) is 26.2 Å². The van der Waals surface area contributed by atoms with Crippen LogP contribution in [-0.4, -0.2) is 41.4 Å². The molecule has 6 heteroatoms. The Labute approximate surface area is 93.3 Å². The van der Waals surface area contributed by atoms with Crippen molar-refractivity contribution in [1.82, 2.24) is 10.6 Å². The highest BCUT2D eigenvalue weighted by molar-refractivity contribution is 5.89. The largest absolute Gasteiger partial charge is 0.480 e. The average Bonchev–Trinajstić information content (AvgIpc) is 2.83. The van der Waals surface area contributed by atoms with Gasteiger partial charge in [-0.2, -0.15) is 0 Å². The molecule has 1 saturated heterocycles. The first-order chi connectivity index (χ1) is 7.46. The molecular formula is C10H16N2O4. The molecule has 0 aromatic heterocycles. The zero-order chi connectivity index (χ0) is 11.8. The highest BCUT2D eigenvalue weighted by Crippen LogP contribution is 2.35. The van der Waals surface area contributed by atoms with Crippen LogP contribution in [0.25, 0.3) is 0 Å². The Morgan fingerprint density at radius 3 is 2.38 bits per heavy atom. The molecule has 0 spiro atoms. The molecule has 1 aliphatic carbocycles. The van der Waals surface area contributed by atoms with Crippen LogP contribution in [0, 0.1) is 0 Å². The first-order valence-electron chi connectivity index (χ1n) is 5.37. The van der Waals surface area contributed by atoms with Gasteiger partial charge >= 0.3 is 12.0 Å². The first-order valence-corrected chi connectivity index (χ1v) is 5.37. The fraction of sp³-hybridized carbons (Fsp3) is 0.800. The number of ether oxygens (including phenoxy) is 1. The molecule has 0 aromatic rings. The zero-order valence-electron chi connectivity index (χ0n) is 9.21. The van der Waals surface area contributed by atoms with Crippen molar-refractivity contribution in [1.29, 1.82) is 0 Å². The zero-order valence-corrected chi connectivity index (χ0v) is 9.21. The molecule has 2 rings (SSSR count). The maximum absolute atomic E-state index is 11.6. The van der Waals surface area contributed by atoms with Crippen molar-refractivity contribution in [3.8, 4) is 0 Å². The molecule has 2 fully saturated rings. The van der Waals surface area contributed by atoms with Gasteiger partial charge in [-0.15, -0.1) is 0 Å². The summed E-state index contributed by atoms with van der Waals surface area (Å²) in [5.74, 6) is -0.963. The van der Waals surface area contributed by atoms with Gasteiger partial charge in [0.1, 0.15) is 5.54 Å². The first kappa shape index (κ1) is 11.2. The van der Waals surface area contributed by atoms with E-state index in [0.717, 1.165) is 6.42 Å². The number of aliphatic carboxylic acids is 1. The van der Waals surface area contributed by atoms with Crippen LogP contribution < -0.4 is 10.6 Å². The second-order valence-corrected chi connectivity index (χ2v) is 4.83. The maximum Gasteiger partial charge on any atom is 0.329 e. The Morgan fingerprint density at radius 2 is 1.94 bits per heavy atom. The molecule has 16 heavy (non-hydrogen) atoms. The van der Waals surface area contributed by atoms with Crippen LogP contribution in [0.3, 0.4) is 0 Å². The minimum atomic E-state index is -1.03. The Bertz CT molecular complexity index is 319. The third-order valence-electron chi connectivity index (χ3n) is 3.15. The number of carboxylic acid groups (broad SMARTS) is 1. The summed E-state index contributed by atoms with van der Waals surface area (Å²) >= 11 is 0. The average molecular weight is 228 g/mol. The number of carboxylic acids is 1. The van der Waals surface area contributed by atoms with Crippen molar-refractivity contribution in [3.63, 3.8) is 0 Å². The molecule has 2 amide bonds. The second-order valence-electron chi connectivity index (χ2n) is 4.83. The number of nitrogens with one attached hydrogen (secondary N) is 2. The molecule has 0 aromatic carbocycles. The van der Waals surface area contributed by atoms with Gasteiger partial charge in [0.05, 0.1) is 12.1 Å². The summed E-state index contributed by atoms with van der Waals surface area (Å²) in [6, 6.07) is -0.423. The van der Waals surface area contributed by atoms with E-state index in [1.165, 1.54) is 0 Å². The molecule has 0 radical (unpaired) electrons. The van der Waals surface area contributed by atoms with E-state index in [1.807, 2.05) is 6.92 Å². The van der Waals surface area contributed by atoms with Gasteiger partial charge in [0.2, 0.25) is 0 Å². The van der Waals surface area contributed by atoms with Crippen LogP contribution in [0.2, 0.25) is 0 Å². The summed E-state index contributed by atoms with van der Waals surface area (Å²) in [7, 11) is 0. The van der Waals surface area contributed by atoms with Crippen LogP contribution in [0.5, 0.6) is 0 Å². The van der Waals surface area contributed by atoms with Crippen molar-refractivity contribution in [2.45, 2.75) is 37.3 Å². The molecule has 3 N–H and O–H groups in total. The molecule has 1 unspecified atom stereocenters. The predicted molar refractivity (Wildman–Crippen MR) is 55.1 cm³/mol. The quantitative estimate of drug-likeness (QED) is 0.638. The number of hydrogen-bond donors (Lipinski definition) is 3. The smallest absolute Gasteiger partial charge is 0.329 e. The van der Waals surface area contributed by atoms with Gasteiger partial charge in [-0.1, -0.05) is 0 Å². The predicted octanol–water partition coefficient (Wildman–Crippen LogP) is 0.0818. The Hall–Kier alpha value is -1.30. The molecule has 2 aliphatic rings. The highest BCUT2D eigenvalue weighted by Gasteiger charge is 2.52. The van der Waals surface area contributed by atoms with Crippen molar-refractivity contribution in [2.24, 2.45) is 0 Å². The Balaban J connectivity index is 1.87. The van der Waals surface area contributed by atoms with Crippen molar-refractivity contribution >= 4 is 12.0 Å². The lowest BCUT2D eigenvalue weighted by Crippen LogP contribution is -2.55. The summed E-state index contributed by atoms with van der Waals surface area (Å²) < 4.78 is 5.20. The fourth-order valence-corrected chi connectivity index (χ4v) is 1.81. The van der Waals surface area contributed by atoms with E-state index in [-0.39, 0.29) is 5.54 Å². The maximum atomic E-state index is 11.6. The SMILES string of the molecule is CC1(NC(=O)NC2(C(=O)O)CC2)CCOC1. The third-order valence-corrected chi connectivity index (χ3v) is 3.15.